The highest BCUT2D eigenvalue weighted by Crippen LogP contribution is 2.23. The lowest BCUT2D eigenvalue weighted by molar-refractivity contribution is -0.160. The third kappa shape index (κ3) is 4.47. The summed E-state index contributed by atoms with van der Waals surface area (Å²) in [6.45, 7) is 0.338. The second-order valence-electron chi connectivity index (χ2n) is 4.56. The van der Waals surface area contributed by atoms with E-state index in [9.17, 15) is 18.0 Å². The summed E-state index contributed by atoms with van der Waals surface area (Å²) in [6.07, 6.45) is -3.11. The second-order valence-corrected chi connectivity index (χ2v) is 4.56. The highest BCUT2D eigenvalue weighted by Gasteiger charge is 2.36. The zero-order valence-electron chi connectivity index (χ0n) is 11.3. The molecule has 1 unspecified atom stereocenters. The summed E-state index contributed by atoms with van der Waals surface area (Å²) in [7, 11) is 1.43. The zero-order chi connectivity index (χ0) is 15.5. The van der Waals surface area contributed by atoms with Crippen LogP contribution in [-0.2, 0) is 4.79 Å². The average molecular weight is 305 g/mol. The molecule has 0 radical (unpaired) electrons. The van der Waals surface area contributed by atoms with Gasteiger partial charge in [0.1, 0.15) is 12.5 Å². The third-order valence-electron chi connectivity index (χ3n) is 2.94. The first-order valence-electron chi connectivity index (χ1n) is 6.24. The second kappa shape index (κ2) is 6.15. The molecule has 0 spiro atoms. The van der Waals surface area contributed by atoms with Crippen molar-refractivity contribution in [3.8, 4) is 11.8 Å². The number of carbonyl (C=O) groups is 1. The molecule has 2 heterocycles. The van der Waals surface area contributed by atoms with Crippen molar-refractivity contribution in [1.82, 2.24) is 14.9 Å². The van der Waals surface area contributed by atoms with Crippen LogP contribution in [0.25, 0.3) is 0 Å². The van der Waals surface area contributed by atoms with Crippen LogP contribution in [0.5, 0.6) is 11.8 Å². The van der Waals surface area contributed by atoms with E-state index < -0.39 is 24.6 Å². The molecule has 0 bridgehead atoms. The standard InChI is InChI=1S/C12H14F3N3O3/c1-20-9-5-16-6-10(17-9)21-8-2-3-18(7-8)11(19)4-12(13,14)15/h5-6,8H,2-4,7H2,1H3. The average Bonchev–Trinajstić information content (AvgIpc) is 2.85. The molecule has 1 saturated heterocycles. The van der Waals surface area contributed by atoms with Gasteiger partial charge in [-0.05, 0) is 0 Å². The fourth-order valence-corrected chi connectivity index (χ4v) is 1.99. The topological polar surface area (TPSA) is 64.6 Å². The maximum Gasteiger partial charge on any atom is 0.397 e. The Labute approximate surface area is 118 Å². The lowest BCUT2D eigenvalue weighted by Crippen LogP contribution is -2.34. The Hall–Kier alpha value is -2.06. The summed E-state index contributed by atoms with van der Waals surface area (Å²) in [5.74, 6) is -0.453. The molecule has 9 heteroatoms. The largest absolute Gasteiger partial charge is 0.480 e. The number of rotatable bonds is 4. The molecular weight excluding hydrogens is 291 g/mol. The summed E-state index contributed by atoms with van der Waals surface area (Å²) in [6, 6.07) is 0. The molecule has 6 nitrogen and oxygen atoms in total. The third-order valence-corrected chi connectivity index (χ3v) is 2.94. The van der Waals surface area contributed by atoms with Crippen molar-refractivity contribution in [2.45, 2.75) is 25.1 Å². The first-order chi connectivity index (χ1) is 9.87. The minimum atomic E-state index is -4.49. The van der Waals surface area contributed by atoms with Crippen molar-refractivity contribution < 1.29 is 27.4 Å². The Balaban J connectivity index is 1.89. The molecule has 0 aliphatic carbocycles. The molecule has 1 aromatic heterocycles. The van der Waals surface area contributed by atoms with Gasteiger partial charge in [-0.2, -0.15) is 18.2 Å². The van der Waals surface area contributed by atoms with Crippen LogP contribution in [0.4, 0.5) is 13.2 Å². The molecule has 0 aromatic carbocycles. The van der Waals surface area contributed by atoms with Crippen LogP contribution in [0, 0.1) is 0 Å². The lowest BCUT2D eigenvalue weighted by atomic mass is 10.3. The number of carbonyl (C=O) groups excluding carboxylic acids is 1. The minimum Gasteiger partial charge on any atom is -0.480 e. The van der Waals surface area contributed by atoms with E-state index in [4.69, 9.17) is 9.47 Å². The molecule has 1 atom stereocenters. The fraction of sp³-hybridized carbons (Fsp3) is 0.583. The number of alkyl halides is 3. The molecule has 0 N–H and O–H groups in total. The zero-order valence-corrected chi connectivity index (χ0v) is 11.3. The van der Waals surface area contributed by atoms with Gasteiger partial charge in [-0.15, -0.1) is 0 Å². The Kier molecular flexibility index (Phi) is 4.49. The van der Waals surface area contributed by atoms with Crippen molar-refractivity contribution >= 4 is 5.91 Å². The van der Waals surface area contributed by atoms with Gasteiger partial charge in [-0.3, -0.25) is 9.78 Å². The van der Waals surface area contributed by atoms with Crippen molar-refractivity contribution in [1.29, 1.82) is 0 Å². The summed E-state index contributed by atoms with van der Waals surface area (Å²) in [4.78, 5) is 20.5. The first-order valence-corrected chi connectivity index (χ1v) is 6.24. The number of ether oxygens (including phenoxy) is 2. The van der Waals surface area contributed by atoms with E-state index >= 15 is 0 Å². The van der Waals surface area contributed by atoms with Crippen LogP contribution in [0.15, 0.2) is 12.4 Å². The molecule has 1 aliphatic rings. The van der Waals surface area contributed by atoms with E-state index in [0.717, 1.165) is 4.90 Å². The number of aromatic nitrogens is 2. The Morgan fingerprint density at radius 1 is 1.43 bits per heavy atom. The number of halogens is 3. The number of hydrogen-bond donors (Lipinski definition) is 0. The summed E-state index contributed by atoms with van der Waals surface area (Å²) in [5, 5.41) is 0. The lowest BCUT2D eigenvalue weighted by Gasteiger charge is -2.17. The van der Waals surface area contributed by atoms with Crippen LogP contribution in [0.2, 0.25) is 0 Å². The summed E-state index contributed by atoms with van der Waals surface area (Å²) < 4.78 is 46.9. The van der Waals surface area contributed by atoms with E-state index in [1.54, 1.807) is 0 Å². The number of methoxy groups -OCH3 is 1. The monoisotopic (exact) mass is 305 g/mol. The molecule has 0 saturated carbocycles. The van der Waals surface area contributed by atoms with E-state index in [2.05, 4.69) is 9.97 Å². The van der Waals surface area contributed by atoms with Gasteiger partial charge in [0.2, 0.25) is 17.7 Å². The molecular formula is C12H14F3N3O3. The van der Waals surface area contributed by atoms with Crippen LogP contribution in [0.1, 0.15) is 12.8 Å². The Morgan fingerprint density at radius 3 is 2.81 bits per heavy atom. The quantitative estimate of drug-likeness (QED) is 0.841. The van der Waals surface area contributed by atoms with E-state index in [-0.39, 0.29) is 24.8 Å². The van der Waals surface area contributed by atoms with Gasteiger partial charge in [-0.1, -0.05) is 0 Å². The van der Waals surface area contributed by atoms with Crippen molar-refractivity contribution in [3.05, 3.63) is 12.4 Å². The van der Waals surface area contributed by atoms with Gasteiger partial charge in [0.05, 0.1) is 26.0 Å². The molecule has 1 aliphatic heterocycles. The van der Waals surface area contributed by atoms with Gasteiger partial charge in [0, 0.05) is 13.0 Å². The Morgan fingerprint density at radius 2 is 2.14 bits per heavy atom. The minimum absolute atomic E-state index is 0.105. The van der Waals surface area contributed by atoms with Crippen LogP contribution >= 0.6 is 0 Å². The molecule has 1 fully saturated rings. The van der Waals surface area contributed by atoms with Crippen molar-refractivity contribution in [3.63, 3.8) is 0 Å². The summed E-state index contributed by atoms with van der Waals surface area (Å²) >= 11 is 0. The van der Waals surface area contributed by atoms with E-state index in [1.807, 2.05) is 0 Å². The fourth-order valence-electron chi connectivity index (χ4n) is 1.99. The molecule has 1 amide bonds. The van der Waals surface area contributed by atoms with Crippen LogP contribution < -0.4 is 9.47 Å². The molecule has 116 valence electrons. The van der Waals surface area contributed by atoms with Crippen molar-refractivity contribution in [2.24, 2.45) is 0 Å². The first kappa shape index (κ1) is 15.3. The number of likely N-dealkylation sites (tertiary alicyclic amines) is 1. The highest BCUT2D eigenvalue weighted by molar-refractivity contribution is 5.77. The van der Waals surface area contributed by atoms with Gasteiger partial charge in [0.15, 0.2) is 0 Å². The molecule has 2 rings (SSSR count). The van der Waals surface area contributed by atoms with Crippen molar-refractivity contribution in [2.75, 3.05) is 20.2 Å². The smallest absolute Gasteiger partial charge is 0.397 e. The van der Waals surface area contributed by atoms with Crippen LogP contribution in [-0.4, -0.2) is 53.3 Å². The van der Waals surface area contributed by atoms with E-state index in [1.165, 1.54) is 19.5 Å². The number of hydrogen-bond acceptors (Lipinski definition) is 5. The predicted molar refractivity (Wildman–Crippen MR) is 64.9 cm³/mol. The summed E-state index contributed by atoms with van der Waals surface area (Å²) in [5.41, 5.74) is 0. The predicted octanol–water partition coefficient (Wildman–Crippen LogP) is 1.42. The van der Waals surface area contributed by atoms with Gasteiger partial charge in [-0.25, -0.2) is 0 Å². The molecule has 1 aromatic rings. The Bertz CT molecular complexity index is 510. The van der Waals surface area contributed by atoms with E-state index in [0.29, 0.717) is 6.42 Å². The normalized spacial score (nSPS) is 18.7. The van der Waals surface area contributed by atoms with Gasteiger partial charge >= 0.3 is 6.18 Å². The number of nitrogens with zero attached hydrogens (tertiary/aromatic N) is 3. The maximum atomic E-state index is 12.2. The van der Waals surface area contributed by atoms with Gasteiger partial charge < -0.3 is 14.4 Å². The molecule has 21 heavy (non-hydrogen) atoms. The number of amides is 1. The van der Waals surface area contributed by atoms with Gasteiger partial charge in [0.25, 0.3) is 0 Å². The van der Waals surface area contributed by atoms with Crippen LogP contribution in [0.3, 0.4) is 0 Å². The SMILES string of the molecule is COc1cncc(OC2CCN(C(=O)CC(F)(F)F)C2)n1. The maximum absolute atomic E-state index is 12.2. The highest BCUT2D eigenvalue weighted by atomic mass is 19.4.